The monoisotopic (exact) mass is 872 g/mol. The Hall–Kier alpha value is -4.85. The predicted octanol–water partition coefficient (Wildman–Crippen LogP) is -4.23. The summed E-state index contributed by atoms with van der Waals surface area (Å²) >= 11 is 0. The number of alkyl carbamates (subject to hydrolysis) is 1. The molecule has 10 atom stereocenters. The van der Waals surface area contributed by atoms with Gasteiger partial charge in [0.05, 0.1) is 13.2 Å². The number of aliphatic hydroxyl groups is 10. The van der Waals surface area contributed by atoms with Gasteiger partial charge in [0.25, 0.3) is 0 Å². The molecule has 2 aromatic carbocycles. The maximum absolute atomic E-state index is 12.8. The second kappa shape index (κ2) is 28.6. The minimum absolute atomic E-state index is 0.0306. The summed E-state index contributed by atoms with van der Waals surface area (Å²) in [6, 6.07) is 15.4. The lowest BCUT2D eigenvalue weighted by Gasteiger charge is -2.28. The molecular weight excluding hydrogens is 812 g/mol. The van der Waals surface area contributed by atoms with Gasteiger partial charge in [0.15, 0.2) is 0 Å². The zero-order valence-electron chi connectivity index (χ0n) is 33.9. The van der Waals surface area contributed by atoms with Crippen molar-refractivity contribution >= 4 is 29.8 Å². The first-order chi connectivity index (χ1) is 28.7. The number of nitrogens with zero attached hydrogens (tertiary/aromatic N) is 2. The molecular formula is C39H60N4O18. The third kappa shape index (κ3) is 20.5. The molecule has 0 aliphatic carbocycles. The van der Waals surface area contributed by atoms with Crippen molar-refractivity contribution in [2.24, 2.45) is 5.73 Å². The Labute approximate surface area is 352 Å². The van der Waals surface area contributed by atoms with E-state index in [0.717, 1.165) is 20.9 Å². The molecule has 0 radical (unpaired) electrons. The third-order valence-corrected chi connectivity index (χ3v) is 9.07. The van der Waals surface area contributed by atoms with E-state index < -0.39 is 111 Å². The van der Waals surface area contributed by atoms with Crippen LogP contribution in [0.25, 0.3) is 0 Å². The molecule has 2 rings (SSSR count). The van der Waals surface area contributed by atoms with Gasteiger partial charge in [-0.05, 0) is 24.0 Å². The van der Waals surface area contributed by atoms with Crippen LogP contribution in [0, 0.1) is 0 Å². The van der Waals surface area contributed by atoms with E-state index in [1.54, 1.807) is 48.5 Å². The van der Waals surface area contributed by atoms with Crippen LogP contribution in [-0.4, -0.2) is 197 Å². The molecule has 0 aliphatic heterocycles. The number of likely N-dealkylation sites (N-methyl/N-ethyl adjacent to an activating group) is 2. The van der Waals surface area contributed by atoms with Crippen molar-refractivity contribution in [2.45, 2.75) is 99.8 Å². The molecule has 0 saturated heterocycles. The molecule has 61 heavy (non-hydrogen) atoms. The van der Waals surface area contributed by atoms with E-state index in [-0.39, 0.29) is 45.4 Å². The maximum atomic E-state index is 12.8. The van der Waals surface area contributed by atoms with Crippen molar-refractivity contribution in [1.82, 2.24) is 15.1 Å². The Balaban J connectivity index is 0.000000719. The number of carboxylic acids is 1. The second-order valence-electron chi connectivity index (χ2n) is 14.0. The van der Waals surface area contributed by atoms with Gasteiger partial charge in [0.2, 0.25) is 11.8 Å². The lowest BCUT2D eigenvalue weighted by molar-refractivity contribution is -0.148. The number of aliphatic carboxylic acids is 1. The summed E-state index contributed by atoms with van der Waals surface area (Å²) in [7, 11) is 2.65. The number of aliphatic hydroxyl groups excluding tert-OH is 10. The molecule has 2 aromatic rings. The summed E-state index contributed by atoms with van der Waals surface area (Å²) in [5.41, 5.74) is 6.73. The van der Waals surface area contributed by atoms with Crippen LogP contribution in [0.5, 0.6) is 0 Å². The van der Waals surface area contributed by atoms with Crippen LogP contribution in [-0.2, 0) is 41.9 Å². The zero-order chi connectivity index (χ0) is 46.2. The first-order valence-electron chi connectivity index (χ1n) is 19.0. The molecule has 0 fully saturated rings. The minimum Gasteiger partial charge on any atom is -0.480 e. The number of amides is 3. The molecule has 0 aliphatic rings. The van der Waals surface area contributed by atoms with Crippen molar-refractivity contribution < 1.29 is 89.6 Å². The van der Waals surface area contributed by atoms with Gasteiger partial charge in [-0.3, -0.25) is 14.4 Å². The van der Waals surface area contributed by atoms with Crippen molar-refractivity contribution in [3.8, 4) is 0 Å². The van der Waals surface area contributed by atoms with Gasteiger partial charge in [-0.15, -0.1) is 0 Å². The van der Waals surface area contributed by atoms with E-state index in [9.17, 15) is 59.7 Å². The van der Waals surface area contributed by atoms with Crippen LogP contribution in [0.1, 0.15) is 36.8 Å². The first kappa shape index (κ1) is 54.2. The number of benzene rings is 2. The highest BCUT2D eigenvalue weighted by Crippen LogP contribution is 2.12. The Morgan fingerprint density at radius 2 is 0.984 bits per heavy atom. The summed E-state index contributed by atoms with van der Waals surface area (Å²) in [6.07, 6.45) is -15.2. The van der Waals surface area contributed by atoms with Gasteiger partial charge in [-0.2, -0.15) is 0 Å². The van der Waals surface area contributed by atoms with Gasteiger partial charge < -0.3 is 86.5 Å². The fourth-order valence-corrected chi connectivity index (χ4v) is 5.14. The Bertz CT molecular complexity index is 1590. The number of rotatable bonds is 25. The number of esters is 1. The average molecular weight is 873 g/mol. The topological polar surface area (TPSA) is 371 Å². The Kier molecular flexibility index (Phi) is 25.4. The Morgan fingerprint density at radius 1 is 0.607 bits per heavy atom. The lowest BCUT2D eigenvalue weighted by Crippen LogP contribution is -2.50. The van der Waals surface area contributed by atoms with E-state index in [0.29, 0.717) is 0 Å². The summed E-state index contributed by atoms with van der Waals surface area (Å²) in [5, 5.41) is 106. The molecule has 0 unspecified atom stereocenters. The fourth-order valence-electron chi connectivity index (χ4n) is 5.14. The minimum atomic E-state index is -1.83. The van der Waals surface area contributed by atoms with E-state index in [2.05, 4.69) is 5.32 Å². The number of carboxylic acid groups (broad SMARTS) is 1. The molecule has 22 nitrogen and oxygen atoms in total. The molecule has 0 spiro atoms. The molecule has 0 heterocycles. The molecule has 14 N–H and O–H groups in total. The number of nitrogens with one attached hydrogen (secondary N) is 1. The van der Waals surface area contributed by atoms with Gasteiger partial charge in [0.1, 0.15) is 74.1 Å². The molecule has 3 amide bonds. The average Bonchev–Trinajstić information content (AvgIpc) is 3.26. The fraction of sp³-hybridized carbons (Fsp3) is 0.564. The van der Waals surface area contributed by atoms with Gasteiger partial charge >= 0.3 is 18.0 Å². The summed E-state index contributed by atoms with van der Waals surface area (Å²) in [6.45, 7) is -2.47. The highest BCUT2D eigenvalue weighted by molar-refractivity contribution is 5.83. The van der Waals surface area contributed by atoms with Crippen LogP contribution >= 0.6 is 0 Å². The number of hydrogen-bond acceptors (Lipinski definition) is 18. The lowest BCUT2D eigenvalue weighted by atomic mass is 10.0. The Morgan fingerprint density at radius 3 is 1.38 bits per heavy atom. The highest BCUT2D eigenvalue weighted by atomic mass is 16.6. The summed E-state index contributed by atoms with van der Waals surface area (Å²) in [5.74, 6) is -3.05. The SMILES string of the molecule is CN(C[C@H](O)[C@@H](O)[C@H](O)[C@H](O)CO)C(=O)CC[C@H](N)C(=O)O.CN(C[C@H](O)[C@@H](O)[C@H](O)[C@H](O)CO)C(=O)CC[C@H](NC(=O)OCc1ccccc1)C(=O)OCc1ccccc1. The van der Waals surface area contributed by atoms with Crippen molar-refractivity contribution in [3.05, 3.63) is 71.8 Å². The third-order valence-electron chi connectivity index (χ3n) is 9.07. The number of carbonyl (C=O) groups excluding carboxylic acids is 4. The van der Waals surface area contributed by atoms with E-state index in [4.69, 9.17) is 35.6 Å². The van der Waals surface area contributed by atoms with Crippen LogP contribution < -0.4 is 11.1 Å². The van der Waals surface area contributed by atoms with Crippen LogP contribution in [0.2, 0.25) is 0 Å². The largest absolute Gasteiger partial charge is 0.480 e. The molecule has 0 saturated carbocycles. The van der Waals surface area contributed by atoms with Crippen LogP contribution in [0.15, 0.2) is 60.7 Å². The van der Waals surface area contributed by atoms with Gasteiger partial charge in [-0.25, -0.2) is 9.59 Å². The number of carbonyl (C=O) groups is 5. The molecule has 22 heteroatoms. The van der Waals surface area contributed by atoms with Crippen LogP contribution in [0.3, 0.4) is 0 Å². The zero-order valence-corrected chi connectivity index (χ0v) is 33.9. The van der Waals surface area contributed by atoms with E-state index >= 15 is 0 Å². The predicted molar refractivity (Wildman–Crippen MR) is 211 cm³/mol. The maximum Gasteiger partial charge on any atom is 0.408 e. The molecule has 344 valence electrons. The van der Waals surface area contributed by atoms with Crippen molar-refractivity contribution in [3.63, 3.8) is 0 Å². The second-order valence-corrected chi connectivity index (χ2v) is 14.0. The summed E-state index contributed by atoms with van der Waals surface area (Å²) < 4.78 is 10.5. The normalized spacial score (nSPS) is 16.0. The first-order valence-corrected chi connectivity index (χ1v) is 19.0. The van der Waals surface area contributed by atoms with E-state index in [1.165, 1.54) is 14.1 Å². The smallest absolute Gasteiger partial charge is 0.408 e. The number of ether oxygens (including phenoxy) is 2. The van der Waals surface area contributed by atoms with Gasteiger partial charge in [-0.1, -0.05) is 60.7 Å². The standard InChI is InChI=1S/C27H36N2O10.C12H24N2O8/c1-29(14-21(31)24(34)25(35)22(32)15-30)23(33)13-12-20(26(36)38-16-18-8-4-2-5-9-18)28-27(37)39-17-19-10-6-3-7-11-19;1-14(9(18)3-2-6(13)12(21)22)4-7(16)10(19)11(20)8(17)5-15/h2-11,20-22,24-25,30-32,34-35H,12-17H2,1H3,(H,28,37);6-8,10-11,15-17,19-20H,2-5,13H2,1H3,(H,21,22)/t20-,21-,22+,24+,25+;6-,7-,8+,10+,11+/m00/s1. The summed E-state index contributed by atoms with van der Waals surface area (Å²) in [4.78, 5) is 62.2. The molecule has 0 aromatic heterocycles. The van der Waals surface area contributed by atoms with Crippen molar-refractivity contribution in [2.75, 3.05) is 40.4 Å². The quantitative estimate of drug-likeness (QED) is 0.0420. The van der Waals surface area contributed by atoms with Crippen LogP contribution in [0.4, 0.5) is 4.79 Å². The van der Waals surface area contributed by atoms with Gasteiger partial charge in [0, 0.05) is 40.0 Å². The number of nitrogens with two attached hydrogens (primary N) is 1. The van der Waals surface area contributed by atoms with E-state index in [1.807, 2.05) is 12.1 Å². The highest BCUT2D eigenvalue weighted by Gasteiger charge is 2.33. The van der Waals surface area contributed by atoms with Crippen molar-refractivity contribution in [1.29, 1.82) is 0 Å². The molecule has 0 bridgehead atoms. The number of hydrogen-bond donors (Lipinski definition) is 13.